The molecule has 4 rings (SSSR count). The molecule has 5 atom stereocenters. The highest BCUT2D eigenvalue weighted by atomic mass is 16.3. The van der Waals surface area contributed by atoms with E-state index in [0.717, 1.165) is 18.3 Å². The van der Waals surface area contributed by atoms with Crippen LogP contribution < -0.4 is 0 Å². The van der Waals surface area contributed by atoms with Crippen molar-refractivity contribution in [2.24, 2.45) is 34.0 Å². The Morgan fingerprint density at radius 3 is 2.48 bits per heavy atom. The molecule has 0 saturated heterocycles. The fourth-order valence-corrected chi connectivity index (χ4v) is 8.15. The number of rotatable bonds is 5. The number of allylic oxidation sites excluding steroid dienone is 4. The molecular formula is C28H46O. The molecule has 0 radical (unpaired) electrons. The zero-order chi connectivity index (χ0) is 21.0. The van der Waals surface area contributed by atoms with Gasteiger partial charge < -0.3 is 5.11 Å². The molecule has 0 spiro atoms. The van der Waals surface area contributed by atoms with E-state index in [4.69, 9.17) is 0 Å². The fourth-order valence-electron chi connectivity index (χ4n) is 8.15. The predicted molar refractivity (Wildman–Crippen MR) is 124 cm³/mol. The van der Waals surface area contributed by atoms with E-state index in [2.05, 4.69) is 47.6 Å². The van der Waals surface area contributed by atoms with Gasteiger partial charge in [0.15, 0.2) is 0 Å². The molecule has 5 unspecified atom stereocenters. The van der Waals surface area contributed by atoms with Crippen LogP contribution in [0.25, 0.3) is 0 Å². The summed E-state index contributed by atoms with van der Waals surface area (Å²) in [5, 5.41) is 10.7. The highest BCUT2D eigenvalue weighted by Gasteiger charge is 2.56. The van der Waals surface area contributed by atoms with Crippen LogP contribution in [0.15, 0.2) is 22.8 Å². The topological polar surface area (TPSA) is 20.2 Å². The average Bonchev–Trinajstić information content (AvgIpc) is 2.99. The Labute approximate surface area is 180 Å². The highest BCUT2D eigenvalue weighted by Crippen LogP contribution is 2.66. The van der Waals surface area contributed by atoms with Crippen molar-refractivity contribution in [1.29, 1.82) is 0 Å². The maximum absolute atomic E-state index is 10.7. The Morgan fingerprint density at radius 1 is 1.00 bits per heavy atom. The van der Waals surface area contributed by atoms with Gasteiger partial charge in [-0.3, -0.25) is 0 Å². The Morgan fingerprint density at radius 2 is 1.76 bits per heavy atom. The van der Waals surface area contributed by atoms with Gasteiger partial charge in [0.1, 0.15) is 0 Å². The van der Waals surface area contributed by atoms with E-state index in [9.17, 15) is 5.11 Å². The van der Waals surface area contributed by atoms with Gasteiger partial charge in [0.2, 0.25) is 0 Å². The second-order valence-electron chi connectivity index (χ2n) is 12.5. The highest BCUT2D eigenvalue weighted by molar-refractivity contribution is 5.49. The van der Waals surface area contributed by atoms with Gasteiger partial charge in [0.25, 0.3) is 0 Å². The minimum Gasteiger partial charge on any atom is -0.393 e. The Bertz CT molecular complexity index is 695. The molecular weight excluding hydrogens is 352 g/mol. The molecule has 0 aromatic heterocycles. The summed E-state index contributed by atoms with van der Waals surface area (Å²) in [6.45, 7) is 14.5. The summed E-state index contributed by atoms with van der Waals surface area (Å²) >= 11 is 0. The van der Waals surface area contributed by atoms with E-state index in [1.165, 1.54) is 64.2 Å². The van der Waals surface area contributed by atoms with Crippen LogP contribution in [0.3, 0.4) is 0 Å². The van der Waals surface area contributed by atoms with Crippen molar-refractivity contribution >= 4 is 0 Å². The first-order valence-corrected chi connectivity index (χ1v) is 12.7. The second kappa shape index (κ2) is 7.54. The second-order valence-corrected chi connectivity index (χ2v) is 12.5. The van der Waals surface area contributed by atoms with Crippen LogP contribution in [-0.4, -0.2) is 11.2 Å². The summed E-state index contributed by atoms with van der Waals surface area (Å²) in [5.41, 5.74) is 6.13. The molecule has 0 bridgehead atoms. The van der Waals surface area contributed by atoms with Gasteiger partial charge in [0, 0.05) is 0 Å². The number of fused-ring (bicyclic) bond motifs is 4. The molecule has 1 nitrogen and oxygen atoms in total. The molecule has 0 aromatic carbocycles. The molecule has 4 aliphatic carbocycles. The van der Waals surface area contributed by atoms with Crippen LogP contribution in [-0.2, 0) is 0 Å². The summed E-state index contributed by atoms with van der Waals surface area (Å²) in [6.07, 6.45) is 16.8. The Hall–Kier alpha value is -0.560. The van der Waals surface area contributed by atoms with E-state index >= 15 is 0 Å². The number of hydrogen-bond acceptors (Lipinski definition) is 1. The van der Waals surface area contributed by atoms with Gasteiger partial charge in [-0.15, -0.1) is 0 Å². The minimum absolute atomic E-state index is 0.0509. The third kappa shape index (κ3) is 3.38. The minimum atomic E-state index is -0.127. The van der Waals surface area contributed by atoms with Gasteiger partial charge in [-0.2, -0.15) is 0 Å². The van der Waals surface area contributed by atoms with Crippen molar-refractivity contribution in [2.45, 2.75) is 118 Å². The summed E-state index contributed by atoms with van der Waals surface area (Å²) < 4.78 is 0. The fraction of sp³-hybridized carbons (Fsp3) is 0.857. The molecule has 0 heterocycles. The molecule has 4 aliphatic rings. The first-order valence-electron chi connectivity index (χ1n) is 12.7. The van der Waals surface area contributed by atoms with E-state index in [1.807, 2.05) is 0 Å². The van der Waals surface area contributed by atoms with Crippen LogP contribution in [0.2, 0.25) is 0 Å². The zero-order valence-corrected chi connectivity index (χ0v) is 20.1. The predicted octanol–water partition coefficient (Wildman–Crippen LogP) is 7.84. The number of aliphatic hydroxyl groups is 1. The molecule has 1 saturated carbocycles. The summed E-state index contributed by atoms with van der Waals surface area (Å²) in [7, 11) is 0. The quantitative estimate of drug-likeness (QED) is 0.468. The van der Waals surface area contributed by atoms with Crippen LogP contribution in [0.1, 0.15) is 112 Å². The number of aliphatic hydroxyl groups excluding tert-OH is 1. The van der Waals surface area contributed by atoms with E-state index in [0.29, 0.717) is 16.7 Å². The standard InChI is InChI=1S/C28H46O/c1-19(2)9-7-8-10-20-11-13-22-21-12-14-24-26(3,4)25(29)16-18-28(24,6)23(21)15-17-27(20,22)5/h13,19-20,24-25,29H,7-12,14-18H2,1-6H3. The first kappa shape index (κ1) is 21.7. The van der Waals surface area contributed by atoms with Crippen molar-refractivity contribution in [3.8, 4) is 0 Å². The molecule has 29 heavy (non-hydrogen) atoms. The molecule has 1 fully saturated rings. The largest absolute Gasteiger partial charge is 0.393 e. The molecule has 1 heteroatoms. The van der Waals surface area contributed by atoms with Crippen molar-refractivity contribution < 1.29 is 5.11 Å². The van der Waals surface area contributed by atoms with E-state index in [1.54, 1.807) is 16.7 Å². The molecule has 0 amide bonds. The van der Waals surface area contributed by atoms with Crippen molar-refractivity contribution in [1.82, 2.24) is 0 Å². The summed E-state index contributed by atoms with van der Waals surface area (Å²) in [4.78, 5) is 0. The summed E-state index contributed by atoms with van der Waals surface area (Å²) in [5.74, 6) is 2.35. The monoisotopic (exact) mass is 398 g/mol. The van der Waals surface area contributed by atoms with Gasteiger partial charge in [-0.25, -0.2) is 0 Å². The van der Waals surface area contributed by atoms with Crippen LogP contribution in [0.4, 0.5) is 0 Å². The smallest absolute Gasteiger partial charge is 0.0594 e. The number of unbranched alkanes of at least 4 members (excludes halogenated alkanes) is 1. The van der Waals surface area contributed by atoms with E-state index in [-0.39, 0.29) is 11.5 Å². The van der Waals surface area contributed by atoms with Crippen molar-refractivity contribution in [2.75, 3.05) is 0 Å². The lowest BCUT2D eigenvalue weighted by molar-refractivity contribution is -0.0904. The van der Waals surface area contributed by atoms with Gasteiger partial charge in [-0.05, 0) is 96.5 Å². The normalized spacial score (nSPS) is 41.1. The molecule has 0 aliphatic heterocycles. The van der Waals surface area contributed by atoms with E-state index < -0.39 is 0 Å². The third-order valence-corrected chi connectivity index (χ3v) is 10.1. The lowest BCUT2D eigenvalue weighted by Crippen LogP contribution is -2.53. The van der Waals surface area contributed by atoms with Gasteiger partial charge in [-0.1, -0.05) is 72.5 Å². The van der Waals surface area contributed by atoms with Crippen LogP contribution in [0, 0.1) is 34.0 Å². The maximum atomic E-state index is 10.7. The van der Waals surface area contributed by atoms with Crippen molar-refractivity contribution in [3.05, 3.63) is 22.8 Å². The SMILES string of the molecule is CC(C)CCCCC1CC=C2C3=C(CCC21C)C1(C)CCC(O)C(C)(C)C1CC3. The molecule has 0 aromatic rings. The van der Waals surface area contributed by atoms with Crippen LogP contribution >= 0.6 is 0 Å². The maximum Gasteiger partial charge on any atom is 0.0594 e. The third-order valence-electron chi connectivity index (χ3n) is 10.1. The van der Waals surface area contributed by atoms with Gasteiger partial charge >= 0.3 is 0 Å². The van der Waals surface area contributed by atoms with Crippen molar-refractivity contribution in [3.63, 3.8) is 0 Å². The summed E-state index contributed by atoms with van der Waals surface area (Å²) in [6, 6.07) is 0. The Balaban J connectivity index is 1.55. The lowest BCUT2D eigenvalue weighted by atomic mass is 9.46. The average molecular weight is 399 g/mol. The Kier molecular flexibility index (Phi) is 5.63. The molecule has 1 N–H and O–H groups in total. The number of hydrogen-bond donors (Lipinski definition) is 1. The van der Waals surface area contributed by atoms with Crippen LogP contribution in [0.5, 0.6) is 0 Å². The van der Waals surface area contributed by atoms with Gasteiger partial charge in [0.05, 0.1) is 6.10 Å². The zero-order valence-electron chi connectivity index (χ0n) is 20.1. The first-order chi connectivity index (χ1) is 13.6. The lowest BCUT2D eigenvalue weighted by Gasteiger charge is -2.59. The molecule has 164 valence electrons.